The Morgan fingerprint density at radius 1 is 1.14 bits per heavy atom. The van der Waals surface area contributed by atoms with Crippen LogP contribution in [0.3, 0.4) is 0 Å². The highest BCUT2D eigenvalue weighted by Crippen LogP contribution is 2.30. The monoisotopic (exact) mass is 501 g/mol. The Labute approximate surface area is 215 Å². The molecule has 0 aliphatic heterocycles. The number of hydrogen-bond acceptors (Lipinski definition) is 7. The van der Waals surface area contributed by atoms with E-state index in [-0.39, 0.29) is 12.0 Å². The number of nitrogens with zero attached hydrogens (tertiary/aromatic N) is 7. The molecule has 1 saturated carbocycles. The maximum atomic E-state index is 11.4. The highest BCUT2D eigenvalue weighted by molar-refractivity contribution is 5.70. The summed E-state index contributed by atoms with van der Waals surface area (Å²) in [6, 6.07) is 12.1. The van der Waals surface area contributed by atoms with Crippen LogP contribution in [0.5, 0.6) is 5.75 Å². The van der Waals surface area contributed by atoms with E-state index in [2.05, 4.69) is 51.8 Å². The van der Waals surface area contributed by atoms with Crippen molar-refractivity contribution in [2.75, 3.05) is 0 Å². The first-order valence-electron chi connectivity index (χ1n) is 12.6. The fourth-order valence-corrected chi connectivity index (χ4v) is 4.90. The summed E-state index contributed by atoms with van der Waals surface area (Å²) in [4.78, 5) is 16.1. The van der Waals surface area contributed by atoms with Gasteiger partial charge in [0, 0.05) is 19.7 Å². The van der Waals surface area contributed by atoms with Gasteiger partial charge in [-0.15, -0.1) is 10.2 Å². The van der Waals surface area contributed by atoms with Crippen LogP contribution in [0.2, 0.25) is 0 Å². The van der Waals surface area contributed by atoms with Gasteiger partial charge in [0.25, 0.3) is 0 Å². The van der Waals surface area contributed by atoms with Crippen LogP contribution in [0.25, 0.3) is 11.4 Å². The second-order valence-electron chi connectivity index (χ2n) is 9.80. The van der Waals surface area contributed by atoms with Crippen LogP contribution < -0.4 is 4.74 Å². The van der Waals surface area contributed by atoms with E-state index in [1.807, 2.05) is 32.3 Å². The Morgan fingerprint density at radius 2 is 2.00 bits per heavy atom. The fraction of sp³-hybridized carbons (Fsp3) is 0.407. The van der Waals surface area contributed by atoms with Gasteiger partial charge in [0.1, 0.15) is 11.4 Å². The number of carbonyl (C=O) groups is 1. The lowest BCUT2D eigenvalue weighted by Crippen LogP contribution is -2.29. The smallest absolute Gasteiger partial charge is 0.306 e. The van der Waals surface area contributed by atoms with Gasteiger partial charge in [0.2, 0.25) is 0 Å². The molecule has 0 bridgehead atoms. The largest absolute Gasteiger partial charge is 0.489 e. The Kier molecular flexibility index (Phi) is 6.98. The Morgan fingerprint density at radius 3 is 2.78 bits per heavy atom. The molecule has 2 atom stereocenters. The fourth-order valence-electron chi connectivity index (χ4n) is 4.90. The number of aryl methyl sites for hydroxylation is 3. The van der Waals surface area contributed by atoms with E-state index in [4.69, 9.17) is 9.72 Å². The van der Waals surface area contributed by atoms with Crippen molar-refractivity contribution in [3.63, 3.8) is 0 Å². The predicted molar refractivity (Wildman–Crippen MR) is 136 cm³/mol. The van der Waals surface area contributed by atoms with Gasteiger partial charge in [-0.2, -0.15) is 0 Å². The number of aromatic nitrogens is 7. The van der Waals surface area contributed by atoms with Gasteiger partial charge >= 0.3 is 5.97 Å². The van der Waals surface area contributed by atoms with Gasteiger partial charge in [-0.05, 0) is 57.2 Å². The number of carboxylic acid groups (broad SMARTS) is 1. The second kappa shape index (κ2) is 10.5. The van der Waals surface area contributed by atoms with Crippen molar-refractivity contribution in [2.24, 2.45) is 13.0 Å². The lowest BCUT2D eigenvalue weighted by molar-refractivity contribution is -0.143. The number of benzene rings is 1. The van der Waals surface area contributed by atoms with E-state index in [0.717, 1.165) is 29.9 Å². The summed E-state index contributed by atoms with van der Waals surface area (Å²) in [5.74, 6) is -0.423. The molecule has 0 spiro atoms. The summed E-state index contributed by atoms with van der Waals surface area (Å²) < 4.78 is 9.68. The van der Waals surface area contributed by atoms with Crippen molar-refractivity contribution in [1.82, 2.24) is 35.0 Å². The molecule has 4 aromatic rings. The third-order valence-electron chi connectivity index (χ3n) is 6.86. The molecule has 0 radical (unpaired) electrons. The van der Waals surface area contributed by atoms with E-state index in [9.17, 15) is 9.90 Å². The first-order valence-corrected chi connectivity index (χ1v) is 12.6. The average molecular weight is 502 g/mol. The maximum Gasteiger partial charge on any atom is 0.306 e. The van der Waals surface area contributed by atoms with Gasteiger partial charge in [-0.1, -0.05) is 40.3 Å². The van der Waals surface area contributed by atoms with Crippen LogP contribution in [-0.2, 0) is 24.8 Å². The zero-order valence-corrected chi connectivity index (χ0v) is 21.3. The molecule has 0 amide bonds. The third kappa shape index (κ3) is 5.68. The van der Waals surface area contributed by atoms with Crippen LogP contribution >= 0.6 is 0 Å². The lowest BCUT2D eigenvalue weighted by Gasteiger charge is -2.27. The van der Waals surface area contributed by atoms with Crippen molar-refractivity contribution in [2.45, 2.75) is 58.6 Å². The Hall–Kier alpha value is -4.08. The predicted octanol–water partition coefficient (Wildman–Crippen LogP) is 3.75. The van der Waals surface area contributed by atoms with Gasteiger partial charge in [0.15, 0.2) is 0 Å². The van der Waals surface area contributed by atoms with Crippen LogP contribution in [0.4, 0.5) is 0 Å². The third-order valence-corrected chi connectivity index (χ3v) is 6.86. The van der Waals surface area contributed by atoms with Gasteiger partial charge in [-0.3, -0.25) is 4.79 Å². The van der Waals surface area contributed by atoms with Crippen LogP contribution in [-0.4, -0.2) is 52.2 Å². The minimum absolute atomic E-state index is 0.116. The van der Waals surface area contributed by atoms with Gasteiger partial charge < -0.3 is 9.84 Å². The molecule has 1 aliphatic rings. The molecule has 1 aliphatic carbocycles. The topological polar surface area (TPSA) is 121 Å². The molecule has 3 aromatic heterocycles. The van der Waals surface area contributed by atoms with Crippen molar-refractivity contribution < 1.29 is 14.6 Å². The van der Waals surface area contributed by atoms with Crippen LogP contribution in [0.15, 0.2) is 42.6 Å². The van der Waals surface area contributed by atoms with Gasteiger partial charge in [0.05, 0.1) is 41.3 Å². The molecule has 10 nitrogen and oxygen atoms in total. The molecule has 192 valence electrons. The second-order valence-corrected chi connectivity index (χ2v) is 9.80. The molecule has 10 heteroatoms. The summed E-state index contributed by atoms with van der Waals surface area (Å²) in [6.07, 6.45) is 5.48. The highest BCUT2D eigenvalue weighted by atomic mass is 16.5. The van der Waals surface area contributed by atoms with Crippen LogP contribution in [0.1, 0.15) is 53.9 Å². The summed E-state index contributed by atoms with van der Waals surface area (Å²) in [7, 11) is 1.85. The van der Waals surface area contributed by atoms with Crippen molar-refractivity contribution in [1.29, 1.82) is 0 Å². The molecule has 5 rings (SSSR count). The molecule has 3 heterocycles. The molecule has 0 unspecified atom stereocenters. The molecule has 37 heavy (non-hydrogen) atoms. The standard InChI is InChI=1S/C27H31N7O3/c1-17-6-4-7-19(12-17)13-21-15-34(32-29-21)16-24-26(30-31-33(24)3)23-10-11-25(18(2)28-23)37-22-9-5-8-20(14-22)27(35)36/h4,6-7,10-12,15,20,22H,5,8-9,13-14,16H2,1-3H3,(H,35,36)/t20-,22-/m0/s1. The van der Waals surface area contributed by atoms with Crippen molar-refractivity contribution in [3.05, 3.63) is 70.8 Å². The average Bonchev–Trinajstić information content (AvgIpc) is 3.47. The van der Waals surface area contributed by atoms with E-state index < -0.39 is 5.97 Å². The number of carboxylic acids is 1. The summed E-state index contributed by atoms with van der Waals surface area (Å²) >= 11 is 0. The number of hydrogen-bond donors (Lipinski definition) is 1. The number of rotatable bonds is 8. The molecule has 1 fully saturated rings. The highest BCUT2D eigenvalue weighted by Gasteiger charge is 2.28. The number of ether oxygens (including phenoxy) is 1. The maximum absolute atomic E-state index is 11.4. The first-order chi connectivity index (χ1) is 17.9. The molecule has 0 saturated heterocycles. The normalized spacial score (nSPS) is 17.6. The van der Waals surface area contributed by atoms with E-state index in [0.29, 0.717) is 42.9 Å². The molecular formula is C27H31N7O3. The summed E-state index contributed by atoms with van der Waals surface area (Å²) in [5.41, 5.74) is 6.28. The number of pyridine rings is 1. The van der Waals surface area contributed by atoms with Crippen molar-refractivity contribution >= 4 is 5.97 Å². The molecule has 1 N–H and O–H groups in total. The Balaban J connectivity index is 1.30. The summed E-state index contributed by atoms with van der Waals surface area (Å²) in [6.45, 7) is 4.43. The molecule has 1 aromatic carbocycles. The van der Waals surface area contributed by atoms with Crippen LogP contribution in [0, 0.1) is 19.8 Å². The van der Waals surface area contributed by atoms with Crippen molar-refractivity contribution in [3.8, 4) is 17.1 Å². The van der Waals surface area contributed by atoms with E-state index in [1.54, 1.807) is 9.36 Å². The Bertz CT molecular complexity index is 1410. The quantitative estimate of drug-likeness (QED) is 0.388. The van der Waals surface area contributed by atoms with Gasteiger partial charge in [-0.25, -0.2) is 14.3 Å². The summed E-state index contributed by atoms with van der Waals surface area (Å²) in [5, 5.41) is 26.6. The zero-order valence-electron chi connectivity index (χ0n) is 21.3. The lowest BCUT2D eigenvalue weighted by atomic mass is 9.87. The van der Waals surface area contributed by atoms with E-state index >= 15 is 0 Å². The zero-order chi connectivity index (χ0) is 25.9. The first kappa shape index (κ1) is 24.6. The SMILES string of the molecule is Cc1cccc(Cc2cn(Cc3c(-c4ccc(O[C@H]5CCC[C@H](C(=O)O)C5)c(C)n4)nnn3C)nn2)c1. The minimum Gasteiger partial charge on any atom is -0.489 e. The molecular weight excluding hydrogens is 470 g/mol. The van der Waals surface area contributed by atoms with E-state index in [1.165, 1.54) is 11.1 Å². The number of aliphatic carboxylic acids is 1. The minimum atomic E-state index is -0.747.